The molecule has 0 spiro atoms. The lowest BCUT2D eigenvalue weighted by Gasteiger charge is -2.39. The summed E-state index contributed by atoms with van der Waals surface area (Å²) in [7, 11) is 0. The van der Waals surface area contributed by atoms with E-state index in [4.69, 9.17) is 33.4 Å². The van der Waals surface area contributed by atoms with Crippen LogP contribution in [0.5, 0.6) is 0 Å². The lowest BCUT2D eigenvalue weighted by atomic mass is 10.1. The van der Waals surface area contributed by atoms with Crippen molar-refractivity contribution in [2.45, 2.75) is 12.3 Å². The molecular weight excluding hydrogens is 312 g/mol. The van der Waals surface area contributed by atoms with Gasteiger partial charge in [-0.2, -0.15) is 5.26 Å². The predicted octanol–water partition coefficient (Wildman–Crippen LogP) is 4.14. The van der Waals surface area contributed by atoms with E-state index in [1.165, 1.54) is 0 Å². The van der Waals surface area contributed by atoms with Gasteiger partial charge in [-0.25, -0.2) is 0 Å². The van der Waals surface area contributed by atoms with E-state index in [-0.39, 0.29) is 0 Å². The van der Waals surface area contributed by atoms with Crippen LogP contribution in [0.3, 0.4) is 0 Å². The minimum atomic E-state index is -1.84. The largest absolute Gasteiger partial charge is 0.335 e. The summed E-state index contributed by atoms with van der Waals surface area (Å²) in [5.41, 5.74) is 1.65. The summed E-state index contributed by atoms with van der Waals surface area (Å²) in [6, 6.07) is 7.84. The smallest absolute Gasteiger partial charge is 0.123 e. The van der Waals surface area contributed by atoms with Crippen molar-refractivity contribution in [3.05, 3.63) is 35.4 Å². The quantitative estimate of drug-likeness (QED) is 0.776. The van der Waals surface area contributed by atoms with Crippen molar-refractivity contribution < 1.29 is 4.52 Å². The van der Waals surface area contributed by atoms with Crippen LogP contribution >= 0.6 is 12.3 Å². The maximum atomic E-state index is 8.87. The van der Waals surface area contributed by atoms with Crippen molar-refractivity contribution in [3.8, 4) is 6.07 Å². The van der Waals surface area contributed by atoms with Crippen molar-refractivity contribution in [3.63, 3.8) is 0 Å². The normalized spacial score (nSPS) is 15.6. The second kappa shape index (κ2) is 5.76. The SMILES string of the molecule is CC(OP(C)(C)=S)(c1ccc(C#N)cc1)P(C)(C)=S. The Labute approximate surface area is 126 Å². The maximum Gasteiger partial charge on any atom is 0.123 e. The van der Waals surface area contributed by atoms with Gasteiger partial charge in [0.2, 0.25) is 0 Å². The average molecular weight is 331 g/mol. The van der Waals surface area contributed by atoms with Crippen molar-refractivity contribution in [1.29, 1.82) is 5.26 Å². The molecule has 1 rings (SSSR count). The first-order chi connectivity index (χ1) is 8.49. The molecule has 104 valence electrons. The highest BCUT2D eigenvalue weighted by Crippen LogP contribution is 2.64. The fourth-order valence-corrected chi connectivity index (χ4v) is 6.10. The van der Waals surface area contributed by atoms with Crippen LogP contribution in [0.4, 0.5) is 0 Å². The van der Waals surface area contributed by atoms with Gasteiger partial charge >= 0.3 is 0 Å². The molecule has 0 bridgehead atoms. The van der Waals surface area contributed by atoms with Gasteiger partial charge in [-0.05, 0) is 57.3 Å². The Bertz CT molecular complexity index is 594. The van der Waals surface area contributed by atoms with E-state index < -0.39 is 17.6 Å². The molecule has 0 N–H and O–H groups in total. The monoisotopic (exact) mass is 331 g/mol. The molecule has 0 radical (unpaired) electrons. The molecule has 0 fully saturated rings. The molecule has 0 heterocycles. The fraction of sp³-hybridized carbons (Fsp3) is 0.462. The Hall–Kier alpha value is -0.0300. The molecule has 1 unspecified atom stereocenters. The predicted molar refractivity (Wildman–Crippen MR) is 91.9 cm³/mol. The van der Waals surface area contributed by atoms with Gasteiger partial charge in [-0.1, -0.05) is 35.7 Å². The first kappa shape index (κ1) is 17.0. The molecular formula is C13H19NOP2S2. The van der Waals surface area contributed by atoms with E-state index in [9.17, 15) is 0 Å². The van der Waals surface area contributed by atoms with E-state index in [0.29, 0.717) is 5.56 Å². The highest BCUT2D eigenvalue weighted by molar-refractivity contribution is 8.15. The molecule has 0 saturated carbocycles. The van der Waals surface area contributed by atoms with E-state index in [2.05, 4.69) is 19.4 Å². The Kier molecular flexibility index (Phi) is 5.16. The van der Waals surface area contributed by atoms with Crippen LogP contribution in [0.2, 0.25) is 0 Å². The van der Waals surface area contributed by atoms with E-state index >= 15 is 0 Å². The van der Waals surface area contributed by atoms with Crippen LogP contribution < -0.4 is 0 Å². The first-order valence-corrected chi connectivity index (χ1v) is 13.1. The fourth-order valence-electron chi connectivity index (χ4n) is 1.74. The van der Waals surface area contributed by atoms with Crippen molar-refractivity contribution >= 4 is 35.9 Å². The molecule has 6 heteroatoms. The van der Waals surface area contributed by atoms with Gasteiger partial charge in [0.05, 0.1) is 17.9 Å². The molecule has 0 saturated heterocycles. The zero-order valence-corrected chi connectivity index (χ0v) is 15.3. The number of nitrogens with zero attached hydrogens (tertiary/aromatic N) is 1. The maximum absolute atomic E-state index is 8.87. The van der Waals surface area contributed by atoms with Gasteiger partial charge < -0.3 is 4.52 Å². The lowest BCUT2D eigenvalue weighted by molar-refractivity contribution is 0.207. The molecule has 0 aromatic heterocycles. The zero-order valence-electron chi connectivity index (χ0n) is 11.9. The van der Waals surface area contributed by atoms with Crippen LogP contribution in [0, 0.1) is 11.3 Å². The summed E-state index contributed by atoms with van der Waals surface area (Å²) in [5, 5.41) is 8.34. The molecule has 0 aliphatic rings. The summed E-state index contributed by atoms with van der Waals surface area (Å²) in [6.45, 7) is 10.1. The van der Waals surface area contributed by atoms with Gasteiger partial charge in [0.1, 0.15) is 5.34 Å². The topological polar surface area (TPSA) is 33.0 Å². The molecule has 2 nitrogen and oxygen atoms in total. The van der Waals surface area contributed by atoms with Crippen molar-refractivity contribution in [1.82, 2.24) is 0 Å². The Morgan fingerprint density at radius 2 is 1.58 bits per heavy atom. The summed E-state index contributed by atoms with van der Waals surface area (Å²) in [6.07, 6.45) is -1.84. The van der Waals surface area contributed by atoms with Crippen molar-refractivity contribution in [2.24, 2.45) is 0 Å². The number of benzene rings is 1. The average Bonchev–Trinajstić information content (AvgIpc) is 2.25. The van der Waals surface area contributed by atoms with Crippen LogP contribution in [-0.4, -0.2) is 26.7 Å². The highest BCUT2D eigenvalue weighted by Gasteiger charge is 2.38. The Morgan fingerprint density at radius 1 is 1.11 bits per heavy atom. The van der Waals surface area contributed by atoms with Crippen LogP contribution in [0.15, 0.2) is 24.3 Å². The molecule has 19 heavy (non-hydrogen) atoms. The summed E-state index contributed by atoms with van der Waals surface area (Å²) in [5.74, 6) is 0. The van der Waals surface area contributed by atoms with Gasteiger partial charge in [0.15, 0.2) is 0 Å². The molecule has 1 aromatic carbocycles. The molecule has 0 amide bonds. The highest BCUT2D eigenvalue weighted by atomic mass is 32.4. The van der Waals surface area contributed by atoms with Gasteiger partial charge in [-0.15, -0.1) is 0 Å². The third-order valence-corrected chi connectivity index (χ3v) is 7.60. The number of hydrogen-bond donors (Lipinski definition) is 0. The van der Waals surface area contributed by atoms with Crippen molar-refractivity contribution in [2.75, 3.05) is 26.7 Å². The zero-order chi connectivity index (χ0) is 14.9. The first-order valence-electron chi connectivity index (χ1n) is 5.81. The van der Waals surface area contributed by atoms with Gasteiger partial charge in [-0.3, -0.25) is 0 Å². The van der Waals surface area contributed by atoms with E-state index in [1.807, 2.05) is 32.4 Å². The third-order valence-electron chi connectivity index (χ3n) is 2.97. The lowest BCUT2D eigenvalue weighted by Crippen LogP contribution is -2.24. The van der Waals surface area contributed by atoms with Crippen LogP contribution in [-0.2, 0) is 33.5 Å². The molecule has 1 atom stereocenters. The van der Waals surface area contributed by atoms with Gasteiger partial charge in [0, 0.05) is 0 Å². The summed E-state index contributed by atoms with van der Waals surface area (Å²) in [4.78, 5) is 0. The second-order valence-corrected chi connectivity index (χ2v) is 17.0. The van der Waals surface area contributed by atoms with E-state index in [0.717, 1.165) is 5.56 Å². The van der Waals surface area contributed by atoms with Crippen LogP contribution in [0.25, 0.3) is 0 Å². The van der Waals surface area contributed by atoms with Gasteiger partial charge in [0.25, 0.3) is 0 Å². The third kappa shape index (κ3) is 4.22. The molecule has 1 aromatic rings. The number of nitriles is 1. The number of rotatable bonds is 4. The summed E-state index contributed by atoms with van der Waals surface area (Å²) < 4.78 is 6.24. The van der Waals surface area contributed by atoms with E-state index in [1.54, 1.807) is 12.1 Å². The second-order valence-electron chi connectivity index (χ2n) is 5.37. The Balaban J connectivity index is 3.36. The minimum absolute atomic E-state index is 0.532. The number of hydrogen-bond acceptors (Lipinski definition) is 4. The standard InChI is InChI=1S/C13H19NOP2S2/c1-13(16(2,3)18,15-17(4,5)19)12-8-6-11(10-14)7-9-12/h6-9H,1-5H3. The Morgan fingerprint density at radius 3 is 1.89 bits per heavy atom. The van der Waals surface area contributed by atoms with Crippen LogP contribution in [0.1, 0.15) is 18.1 Å². The summed E-state index contributed by atoms with van der Waals surface area (Å²) >= 11 is 11.2. The molecule has 0 aliphatic heterocycles. The molecule has 0 aliphatic carbocycles. The minimum Gasteiger partial charge on any atom is -0.335 e.